The quantitative estimate of drug-likeness (QED) is 0.683. The maximum atomic E-state index is 9.45. The zero-order valence-corrected chi connectivity index (χ0v) is 7.91. The Morgan fingerprint density at radius 2 is 2.08 bits per heavy atom. The molecule has 1 aromatic carbocycles. The van der Waals surface area contributed by atoms with Gasteiger partial charge < -0.3 is 10.2 Å². The summed E-state index contributed by atoms with van der Waals surface area (Å²) in [5, 5.41) is 18.7. The van der Waals surface area contributed by atoms with Gasteiger partial charge in [-0.3, -0.25) is 0 Å². The van der Waals surface area contributed by atoms with Crippen LogP contribution in [-0.4, -0.2) is 10.2 Å². The SMILES string of the molecule is CC/C(C)=C/c1cccc(O)c1O. The molecular formula is C11H14O2. The molecule has 1 aromatic rings. The number of phenols is 2. The van der Waals surface area contributed by atoms with Gasteiger partial charge >= 0.3 is 0 Å². The molecule has 0 bridgehead atoms. The molecule has 0 aliphatic heterocycles. The molecule has 0 unspecified atom stereocenters. The van der Waals surface area contributed by atoms with E-state index in [1.54, 1.807) is 12.1 Å². The third-order valence-electron chi connectivity index (χ3n) is 2.01. The van der Waals surface area contributed by atoms with E-state index in [9.17, 15) is 10.2 Å². The molecule has 2 heteroatoms. The normalized spacial score (nSPS) is 11.7. The van der Waals surface area contributed by atoms with Gasteiger partial charge in [-0.25, -0.2) is 0 Å². The first-order chi connectivity index (χ1) is 6.15. The smallest absolute Gasteiger partial charge is 0.164 e. The average molecular weight is 178 g/mol. The summed E-state index contributed by atoms with van der Waals surface area (Å²) >= 11 is 0. The second kappa shape index (κ2) is 3.99. The largest absolute Gasteiger partial charge is 0.504 e. The number of benzene rings is 1. The van der Waals surface area contributed by atoms with Gasteiger partial charge in [-0.1, -0.05) is 30.7 Å². The van der Waals surface area contributed by atoms with Crippen LogP contribution in [-0.2, 0) is 0 Å². The van der Waals surface area contributed by atoms with Crippen LogP contribution in [0.1, 0.15) is 25.8 Å². The van der Waals surface area contributed by atoms with Crippen molar-refractivity contribution >= 4 is 6.08 Å². The van der Waals surface area contributed by atoms with Gasteiger partial charge in [-0.15, -0.1) is 0 Å². The Morgan fingerprint density at radius 1 is 1.38 bits per heavy atom. The lowest BCUT2D eigenvalue weighted by atomic mass is 10.1. The van der Waals surface area contributed by atoms with Crippen LogP contribution in [0.2, 0.25) is 0 Å². The summed E-state index contributed by atoms with van der Waals surface area (Å²) < 4.78 is 0. The van der Waals surface area contributed by atoms with Crippen LogP contribution in [0.4, 0.5) is 0 Å². The van der Waals surface area contributed by atoms with Gasteiger partial charge in [0.25, 0.3) is 0 Å². The molecule has 1 rings (SSSR count). The Morgan fingerprint density at radius 3 is 2.69 bits per heavy atom. The number of hydrogen-bond donors (Lipinski definition) is 2. The van der Waals surface area contributed by atoms with Crippen LogP contribution in [0.15, 0.2) is 23.8 Å². The van der Waals surface area contributed by atoms with E-state index in [0.29, 0.717) is 5.56 Å². The van der Waals surface area contributed by atoms with Crippen molar-refractivity contribution in [2.24, 2.45) is 0 Å². The third kappa shape index (κ3) is 2.25. The lowest BCUT2D eigenvalue weighted by Gasteiger charge is -2.02. The fourth-order valence-electron chi connectivity index (χ4n) is 1.03. The molecule has 0 atom stereocenters. The topological polar surface area (TPSA) is 40.5 Å². The molecule has 0 spiro atoms. The summed E-state index contributed by atoms with van der Waals surface area (Å²) in [4.78, 5) is 0. The Labute approximate surface area is 78.2 Å². The molecule has 0 aromatic heterocycles. The van der Waals surface area contributed by atoms with Crippen LogP contribution in [0.5, 0.6) is 11.5 Å². The van der Waals surface area contributed by atoms with Crippen LogP contribution in [0, 0.1) is 0 Å². The summed E-state index contributed by atoms with van der Waals surface area (Å²) in [6, 6.07) is 4.95. The van der Waals surface area contributed by atoms with Gasteiger partial charge in [0, 0.05) is 5.56 Å². The maximum absolute atomic E-state index is 9.45. The van der Waals surface area contributed by atoms with E-state index in [4.69, 9.17) is 0 Å². The molecule has 2 N–H and O–H groups in total. The first kappa shape index (κ1) is 9.65. The number of allylic oxidation sites excluding steroid dienone is 1. The molecule has 2 nitrogen and oxygen atoms in total. The first-order valence-electron chi connectivity index (χ1n) is 4.33. The van der Waals surface area contributed by atoms with Crippen molar-refractivity contribution in [2.75, 3.05) is 0 Å². The van der Waals surface area contributed by atoms with E-state index in [1.807, 2.05) is 19.9 Å². The molecular weight excluding hydrogens is 164 g/mol. The predicted molar refractivity (Wildman–Crippen MR) is 53.7 cm³/mol. The summed E-state index contributed by atoms with van der Waals surface area (Å²) in [7, 11) is 0. The molecule has 0 radical (unpaired) electrons. The standard InChI is InChI=1S/C11H14O2/c1-3-8(2)7-9-5-4-6-10(12)11(9)13/h4-7,12-13H,3H2,1-2H3/b8-7+. The molecule has 70 valence electrons. The van der Waals surface area contributed by atoms with E-state index < -0.39 is 0 Å². The van der Waals surface area contributed by atoms with Gasteiger partial charge in [0.2, 0.25) is 0 Å². The highest BCUT2D eigenvalue weighted by Gasteiger charge is 2.02. The second-order valence-electron chi connectivity index (χ2n) is 3.06. The van der Waals surface area contributed by atoms with E-state index in [-0.39, 0.29) is 11.5 Å². The minimum Gasteiger partial charge on any atom is -0.504 e. The van der Waals surface area contributed by atoms with Gasteiger partial charge in [-0.05, 0) is 19.4 Å². The fourth-order valence-corrected chi connectivity index (χ4v) is 1.03. The molecule has 0 fully saturated rings. The Balaban J connectivity index is 3.09. The molecule has 0 amide bonds. The number of phenolic OH excluding ortho intramolecular Hbond substituents is 2. The Bertz CT molecular complexity index is 327. The van der Waals surface area contributed by atoms with E-state index in [1.165, 1.54) is 11.6 Å². The first-order valence-corrected chi connectivity index (χ1v) is 4.33. The van der Waals surface area contributed by atoms with Crippen molar-refractivity contribution in [2.45, 2.75) is 20.3 Å². The highest BCUT2D eigenvalue weighted by Crippen LogP contribution is 2.29. The van der Waals surface area contributed by atoms with Crippen LogP contribution >= 0.6 is 0 Å². The lowest BCUT2D eigenvalue weighted by Crippen LogP contribution is -1.78. The molecule has 0 aliphatic carbocycles. The number of rotatable bonds is 2. The molecule has 0 saturated heterocycles. The summed E-state index contributed by atoms with van der Waals surface area (Å²) in [5.41, 5.74) is 1.83. The van der Waals surface area contributed by atoms with Gasteiger partial charge in [-0.2, -0.15) is 0 Å². The fraction of sp³-hybridized carbons (Fsp3) is 0.273. The number of aromatic hydroxyl groups is 2. The van der Waals surface area contributed by atoms with Crippen molar-refractivity contribution < 1.29 is 10.2 Å². The van der Waals surface area contributed by atoms with E-state index in [0.717, 1.165) is 6.42 Å². The maximum Gasteiger partial charge on any atom is 0.164 e. The van der Waals surface area contributed by atoms with E-state index >= 15 is 0 Å². The Kier molecular flexibility index (Phi) is 2.96. The van der Waals surface area contributed by atoms with Crippen LogP contribution in [0.25, 0.3) is 6.08 Å². The lowest BCUT2D eigenvalue weighted by molar-refractivity contribution is 0.403. The van der Waals surface area contributed by atoms with Crippen molar-refractivity contribution in [3.8, 4) is 11.5 Å². The predicted octanol–water partition coefficient (Wildman–Crippen LogP) is 2.91. The van der Waals surface area contributed by atoms with Crippen molar-refractivity contribution in [1.29, 1.82) is 0 Å². The van der Waals surface area contributed by atoms with E-state index in [2.05, 4.69) is 0 Å². The highest BCUT2D eigenvalue weighted by atomic mass is 16.3. The third-order valence-corrected chi connectivity index (χ3v) is 2.01. The molecule has 0 heterocycles. The average Bonchev–Trinajstić information content (AvgIpc) is 2.13. The zero-order valence-electron chi connectivity index (χ0n) is 7.91. The molecule has 0 saturated carbocycles. The second-order valence-corrected chi connectivity index (χ2v) is 3.06. The van der Waals surface area contributed by atoms with Gasteiger partial charge in [0.15, 0.2) is 11.5 Å². The van der Waals surface area contributed by atoms with Crippen LogP contribution in [0.3, 0.4) is 0 Å². The number of para-hydroxylation sites is 1. The monoisotopic (exact) mass is 178 g/mol. The minimum absolute atomic E-state index is 0.0460. The number of hydrogen-bond acceptors (Lipinski definition) is 2. The van der Waals surface area contributed by atoms with Crippen molar-refractivity contribution in [3.63, 3.8) is 0 Å². The molecule has 0 aliphatic rings. The van der Waals surface area contributed by atoms with Crippen molar-refractivity contribution in [1.82, 2.24) is 0 Å². The summed E-state index contributed by atoms with van der Waals surface area (Å²) in [6.45, 7) is 4.04. The Hall–Kier alpha value is -1.44. The van der Waals surface area contributed by atoms with Gasteiger partial charge in [0.1, 0.15) is 0 Å². The summed E-state index contributed by atoms with van der Waals surface area (Å²) in [6.07, 6.45) is 2.81. The van der Waals surface area contributed by atoms with Crippen molar-refractivity contribution in [3.05, 3.63) is 29.3 Å². The van der Waals surface area contributed by atoms with Crippen LogP contribution < -0.4 is 0 Å². The minimum atomic E-state index is -0.0716. The summed E-state index contributed by atoms with van der Waals surface area (Å²) in [5.74, 6) is -0.118. The highest BCUT2D eigenvalue weighted by molar-refractivity contribution is 5.62. The molecule has 13 heavy (non-hydrogen) atoms. The zero-order chi connectivity index (χ0) is 9.84. The van der Waals surface area contributed by atoms with Gasteiger partial charge in [0.05, 0.1) is 0 Å².